The van der Waals surface area contributed by atoms with Gasteiger partial charge in [0.25, 0.3) is 5.82 Å². The van der Waals surface area contributed by atoms with Gasteiger partial charge in [0.2, 0.25) is 0 Å². The van der Waals surface area contributed by atoms with Crippen molar-refractivity contribution in [2.24, 2.45) is 0 Å². The van der Waals surface area contributed by atoms with Gasteiger partial charge >= 0.3 is 0 Å². The predicted molar refractivity (Wildman–Crippen MR) is 82.3 cm³/mol. The highest BCUT2D eigenvalue weighted by atomic mass is 15.1. The number of unbranched alkanes of at least 4 members (excludes halogenated alkanes) is 6. The van der Waals surface area contributed by atoms with Gasteiger partial charge in [-0.05, 0) is 19.8 Å². The largest absolute Gasteiger partial charge is 0.256 e. The molecule has 0 bridgehead atoms. The lowest BCUT2D eigenvalue weighted by Gasteiger charge is -2.04. The van der Waals surface area contributed by atoms with E-state index in [2.05, 4.69) is 42.3 Å². The normalized spacial score (nSPS) is 11.1. The van der Waals surface area contributed by atoms with Crippen molar-refractivity contribution in [3.8, 4) is 0 Å². The van der Waals surface area contributed by atoms with Crippen LogP contribution in [-0.4, -0.2) is 4.57 Å². The summed E-state index contributed by atoms with van der Waals surface area (Å²) in [4.78, 5) is 0. The minimum Gasteiger partial charge on any atom is -0.235 e. The van der Waals surface area contributed by atoms with Gasteiger partial charge in [0.1, 0.15) is 12.4 Å². The van der Waals surface area contributed by atoms with E-state index in [0.29, 0.717) is 0 Å². The van der Waals surface area contributed by atoms with Crippen molar-refractivity contribution in [1.82, 2.24) is 4.57 Å². The zero-order chi connectivity index (χ0) is 13.9. The van der Waals surface area contributed by atoms with E-state index >= 15 is 0 Å². The number of hydrogen-bond donors (Lipinski definition) is 0. The van der Waals surface area contributed by atoms with Gasteiger partial charge in [-0.3, -0.25) is 0 Å². The number of imidazole rings is 1. The summed E-state index contributed by atoms with van der Waals surface area (Å²) in [5.74, 6) is 1.53. The Morgan fingerprint density at radius 2 is 1.58 bits per heavy atom. The third-order valence-electron chi connectivity index (χ3n) is 3.90. The average molecular weight is 265 g/mol. The Labute approximate surface area is 119 Å². The molecule has 2 heteroatoms. The Morgan fingerprint density at radius 1 is 0.895 bits per heavy atom. The van der Waals surface area contributed by atoms with Crippen LogP contribution in [0.15, 0.2) is 12.4 Å². The first-order valence-electron chi connectivity index (χ1n) is 8.40. The monoisotopic (exact) mass is 265 g/mol. The summed E-state index contributed by atoms with van der Waals surface area (Å²) < 4.78 is 4.85. The van der Waals surface area contributed by atoms with E-state index in [4.69, 9.17) is 0 Å². The standard InChI is InChI=1S/C17H33N2/c1-4-7-8-9-10-11-12-13-17-18(6-3)15-16-19(17)14-5-2/h15-16H,4-14H2,1-3H3/q+1. The van der Waals surface area contributed by atoms with Crippen LogP contribution in [0.1, 0.15) is 78.0 Å². The Hall–Kier alpha value is -0.790. The molecule has 0 saturated carbocycles. The van der Waals surface area contributed by atoms with E-state index in [1.165, 1.54) is 70.2 Å². The lowest BCUT2D eigenvalue weighted by Crippen LogP contribution is -2.37. The maximum atomic E-state index is 2.45. The molecule has 0 amide bonds. The third-order valence-corrected chi connectivity index (χ3v) is 3.90. The fraction of sp³-hybridized carbons (Fsp3) is 0.824. The summed E-state index contributed by atoms with van der Waals surface area (Å²) in [5.41, 5.74) is 0. The summed E-state index contributed by atoms with van der Waals surface area (Å²) in [6, 6.07) is 0. The molecule has 1 rings (SSSR count). The van der Waals surface area contributed by atoms with Gasteiger partial charge in [-0.1, -0.05) is 52.4 Å². The molecular weight excluding hydrogens is 232 g/mol. The van der Waals surface area contributed by atoms with Crippen LogP contribution in [0.2, 0.25) is 0 Å². The molecule has 19 heavy (non-hydrogen) atoms. The van der Waals surface area contributed by atoms with Gasteiger partial charge in [-0.2, -0.15) is 0 Å². The van der Waals surface area contributed by atoms with Crippen LogP contribution in [0.3, 0.4) is 0 Å². The van der Waals surface area contributed by atoms with E-state index in [1.807, 2.05) is 0 Å². The lowest BCUT2D eigenvalue weighted by molar-refractivity contribution is -0.703. The summed E-state index contributed by atoms with van der Waals surface area (Å²) in [6.07, 6.45) is 16.7. The Bertz CT molecular complexity index is 328. The first-order valence-corrected chi connectivity index (χ1v) is 8.40. The SMILES string of the molecule is CCCCCCCCCc1n(CC)cc[n+]1CCC. The lowest BCUT2D eigenvalue weighted by atomic mass is 10.1. The van der Waals surface area contributed by atoms with E-state index in [0.717, 1.165) is 6.54 Å². The molecular formula is C17H33N2+. The highest BCUT2D eigenvalue weighted by Crippen LogP contribution is 2.09. The fourth-order valence-corrected chi connectivity index (χ4v) is 2.76. The molecule has 1 aromatic heterocycles. The van der Waals surface area contributed by atoms with Crippen molar-refractivity contribution >= 4 is 0 Å². The molecule has 0 saturated heterocycles. The molecule has 0 unspecified atom stereocenters. The summed E-state index contributed by atoms with van der Waals surface area (Å²) in [5, 5.41) is 0. The summed E-state index contributed by atoms with van der Waals surface area (Å²) >= 11 is 0. The van der Waals surface area contributed by atoms with Gasteiger partial charge in [0, 0.05) is 6.42 Å². The molecule has 2 nitrogen and oxygen atoms in total. The van der Waals surface area contributed by atoms with Crippen molar-refractivity contribution in [2.45, 2.75) is 91.6 Å². The number of nitrogens with zero attached hydrogens (tertiary/aromatic N) is 2. The van der Waals surface area contributed by atoms with Crippen molar-refractivity contribution in [3.05, 3.63) is 18.2 Å². The molecule has 1 aromatic rings. The van der Waals surface area contributed by atoms with E-state index in [9.17, 15) is 0 Å². The van der Waals surface area contributed by atoms with Crippen molar-refractivity contribution in [2.75, 3.05) is 0 Å². The second-order valence-corrected chi connectivity index (χ2v) is 5.57. The summed E-state index contributed by atoms with van der Waals surface area (Å²) in [6.45, 7) is 9.05. The molecule has 0 N–H and O–H groups in total. The highest BCUT2D eigenvalue weighted by Gasteiger charge is 2.14. The van der Waals surface area contributed by atoms with Crippen LogP contribution >= 0.6 is 0 Å². The summed E-state index contributed by atoms with van der Waals surface area (Å²) in [7, 11) is 0. The van der Waals surface area contributed by atoms with E-state index < -0.39 is 0 Å². The highest BCUT2D eigenvalue weighted by molar-refractivity contribution is 4.83. The van der Waals surface area contributed by atoms with Gasteiger partial charge in [-0.25, -0.2) is 9.13 Å². The zero-order valence-electron chi connectivity index (χ0n) is 13.3. The van der Waals surface area contributed by atoms with Gasteiger partial charge in [-0.15, -0.1) is 0 Å². The Balaban J connectivity index is 2.29. The predicted octanol–water partition coefficient (Wildman–Crippen LogP) is 4.50. The van der Waals surface area contributed by atoms with Crippen molar-refractivity contribution in [3.63, 3.8) is 0 Å². The van der Waals surface area contributed by atoms with Crippen molar-refractivity contribution in [1.29, 1.82) is 0 Å². The first kappa shape index (κ1) is 16.3. The number of aromatic nitrogens is 2. The molecule has 0 fully saturated rings. The molecule has 0 spiro atoms. The smallest absolute Gasteiger partial charge is 0.235 e. The third kappa shape index (κ3) is 5.80. The number of aryl methyl sites for hydroxylation is 2. The molecule has 1 heterocycles. The molecule has 0 aromatic carbocycles. The molecule has 0 aliphatic carbocycles. The van der Waals surface area contributed by atoms with Crippen LogP contribution in [0, 0.1) is 0 Å². The first-order chi connectivity index (χ1) is 9.33. The average Bonchev–Trinajstić information content (AvgIpc) is 2.80. The van der Waals surface area contributed by atoms with Crippen LogP contribution < -0.4 is 4.57 Å². The molecule has 0 aliphatic heterocycles. The van der Waals surface area contributed by atoms with Crippen LogP contribution in [0.5, 0.6) is 0 Å². The Kier molecular flexibility index (Phi) is 8.61. The van der Waals surface area contributed by atoms with Gasteiger partial charge in [0.15, 0.2) is 0 Å². The zero-order valence-corrected chi connectivity index (χ0v) is 13.3. The van der Waals surface area contributed by atoms with Crippen LogP contribution in [0.25, 0.3) is 0 Å². The molecule has 0 atom stereocenters. The quantitative estimate of drug-likeness (QED) is 0.411. The molecule has 0 aliphatic rings. The Morgan fingerprint density at radius 3 is 2.21 bits per heavy atom. The maximum absolute atomic E-state index is 2.45. The minimum absolute atomic E-state index is 1.10. The number of hydrogen-bond acceptors (Lipinski definition) is 0. The van der Waals surface area contributed by atoms with Gasteiger partial charge in [0.05, 0.1) is 13.1 Å². The minimum atomic E-state index is 1.10. The molecule has 110 valence electrons. The van der Waals surface area contributed by atoms with E-state index in [1.54, 1.807) is 0 Å². The van der Waals surface area contributed by atoms with Gasteiger partial charge < -0.3 is 0 Å². The topological polar surface area (TPSA) is 8.81 Å². The number of rotatable bonds is 11. The van der Waals surface area contributed by atoms with E-state index in [-0.39, 0.29) is 0 Å². The van der Waals surface area contributed by atoms with Crippen LogP contribution in [0.4, 0.5) is 0 Å². The molecule has 0 radical (unpaired) electrons. The van der Waals surface area contributed by atoms with Crippen LogP contribution in [-0.2, 0) is 19.5 Å². The van der Waals surface area contributed by atoms with Crippen molar-refractivity contribution < 1.29 is 4.57 Å². The maximum Gasteiger partial charge on any atom is 0.256 e. The second kappa shape index (κ2) is 10.1. The second-order valence-electron chi connectivity index (χ2n) is 5.57. The fourth-order valence-electron chi connectivity index (χ4n) is 2.76.